The third-order valence-corrected chi connectivity index (χ3v) is 4.59. The third kappa shape index (κ3) is 3.64. The Hall–Kier alpha value is -0.180. The van der Waals surface area contributed by atoms with E-state index in [0.29, 0.717) is 5.25 Å². The topological polar surface area (TPSA) is 3.24 Å². The lowest BCUT2D eigenvalue weighted by Crippen LogP contribution is -2.33. The summed E-state index contributed by atoms with van der Waals surface area (Å²) in [5.74, 6) is 0.740. The van der Waals surface area contributed by atoms with E-state index in [1.165, 1.54) is 36.4 Å². The third-order valence-electron chi connectivity index (χ3n) is 3.12. The lowest BCUT2D eigenvalue weighted by molar-refractivity contribution is 0.291. The molecule has 0 fully saturated rings. The first kappa shape index (κ1) is 13.3. The van der Waals surface area contributed by atoms with Crippen molar-refractivity contribution < 1.29 is 0 Å². The molecule has 0 bridgehead atoms. The molecule has 0 N–H and O–H groups in total. The van der Waals surface area contributed by atoms with E-state index in [9.17, 15) is 0 Å². The Bertz CT molecular complexity index is 325. The summed E-state index contributed by atoms with van der Waals surface area (Å²) < 4.78 is 0. The number of hydrogen-bond donors (Lipinski definition) is 0. The average Bonchev–Trinajstić information content (AvgIpc) is 2.71. The fraction of sp³-hybridized carbons (Fsp3) is 0.571. The minimum Gasteiger partial charge on any atom is -0.301 e. The smallest absolute Gasteiger partial charge is 0.0351 e. The maximum absolute atomic E-state index is 5.86. The second kappa shape index (κ2) is 6.67. The van der Waals surface area contributed by atoms with Crippen molar-refractivity contribution >= 4 is 23.4 Å². The maximum Gasteiger partial charge on any atom is 0.0351 e. The van der Waals surface area contributed by atoms with Crippen molar-refractivity contribution in [2.45, 2.75) is 29.9 Å². The lowest BCUT2D eigenvalue weighted by Gasteiger charge is -2.23. The predicted octanol–water partition coefficient (Wildman–Crippen LogP) is 3.65. The highest BCUT2D eigenvalue weighted by molar-refractivity contribution is 8.00. The van der Waals surface area contributed by atoms with E-state index in [2.05, 4.69) is 36.1 Å². The number of alkyl halides is 1. The number of hydrogen-bond acceptors (Lipinski definition) is 2. The molecular formula is C14H20ClNS. The fourth-order valence-corrected chi connectivity index (χ4v) is 3.98. The zero-order valence-corrected chi connectivity index (χ0v) is 11.9. The molecule has 1 aliphatic heterocycles. The molecule has 0 aromatic heterocycles. The van der Waals surface area contributed by atoms with Gasteiger partial charge in [-0.05, 0) is 31.0 Å². The zero-order chi connectivity index (χ0) is 12.1. The van der Waals surface area contributed by atoms with Gasteiger partial charge in [0.2, 0.25) is 0 Å². The van der Waals surface area contributed by atoms with Gasteiger partial charge in [0.1, 0.15) is 0 Å². The second-order valence-corrected chi connectivity index (χ2v) is 6.26. The summed E-state index contributed by atoms with van der Waals surface area (Å²) in [7, 11) is 0. The first-order chi connectivity index (χ1) is 8.33. The van der Waals surface area contributed by atoms with E-state index < -0.39 is 0 Å². The van der Waals surface area contributed by atoms with Crippen LogP contribution in [0.5, 0.6) is 0 Å². The molecule has 0 amide bonds. The molecule has 1 heterocycles. The molecule has 0 aliphatic carbocycles. The van der Waals surface area contributed by atoms with E-state index in [4.69, 9.17) is 11.6 Å². The predicted molar refractivity (Wildman–Crippen MR) is 77.2 cm³/mol. The first-order valence-corrected chi connectivity index (χ1v) is 7.77. The van der Waals surface area contributed by atoms with Gasteiger partial charge in [0.25, 0.3) is 0 Å². The fourth-order valence-electron chi connectivity index (χ4n) is 2.37. The Labute approximate surface area is 114 Å². The summed E-state index contributed by atoms with van der Waals surface area (Å²) in [5, 5.41) is 0.710. The van der Waals surface area contributed by atoms with Crippen LogP contribution in [0.1, 0.15) is 18.9 Å². The van der Waals surface area contributed by atoms with E-state index >= 15 is 0 Å². The van der Waals surface area contributed by atoms with Gasteiger partial charge in [-0.1, -0.05) is 25.1 Å². The van der Waals surface area contributed by atoms with Gasteiger partial charge in [-0.3, -0.25) is 0 Å². The molecule has 94 valence electrons. The van der Waals surface area contributed by atoms with Gasteiger partial charge in [0, 0.05) is 29.1 Å². The Kier molecular flexibility index (Phi) is 5.20. The Balaban J connectivity index is 1.89. The molecule has 0 saturated heterocycles. The van der Waals surface area contributed by atoms with Crippen LogP contribution in [0.2, 0.25) is 0 Å². The van der Waals surface area contributed by atoms with Crippen LogP contribution in [0.25, 0.3) is 0 Å². The summed E-state index contributed by atoms with van der Waals surface area (Å²) in [6.45, 7) is 5.58. The molecule has 17 heavy (non-hydrogen) atoms. The molecule has 0 saturated carbocycles. The van der Waals surface area contributed by atoms with Crippen molar-refractivity contribution in [2.75, 3.05) is 25.5 Å². The molecule has 1 aliphatic rings. The quantitative estimate of drug-likeness (QED) is 0.725. The summed E-state index contributed by atoms with van der Waals surface area (Å²) in [6.07, 6.45) is 2.42. The molecule has 2 rings (SSSR count). The highest BCUT2D eigenvalue weighted by atomic mass is 35.5. The minimum absolute atomic E-state index is 0.710. The monoisotopic (exact) mass is 269 g/mol. The van der Waals surface area contributed by atoms with Crippen LogP contribution in [0, 0.1) is 0 Å². The number of benzene rings is 1. The van der Waals surface area contributed by atoms with Gasteiger partial charge in [-0.25, -0.2) is 0 Å². The number of rotatable bonds is 6. The first-order valence-electron chi connectivity index (χ1n) is 6.36. The van der Waals surface area contributed by atoms with E-state index in [1.54, 1.807) is 0 Å². The standard InChI is InChI=1S/C14H20ClNS/c1-2-8-16(9-7-15)11-13-10-12-5-3-4-6-14(12)17-13/h3-6,13H,2,7-11H2,1H3. The van der Waals surface area contributed by atoms with Gasteiger partial charge < -0.3 is 4.90 Å². The summed E-state index contributed by atoms with van der Waals surface area (Å²) in [4.78, 5) is 3.97. The molecule has 0 radical (unpaired) electrons. The van der Waals surface area contributed by atoms with Crippen molar-refractivity contribution in [1.82, 2.24) is 4.90 Å². The SMILES string of the molecule is CCCN(CCCl)CC1Cc2ccccc2S1. The van der Waals surface area contributed by atoms with Crippen molar-refractivity contribution in [3.63, 3.8) is 0 Å². The van der Waals surface area contributed by atoms with Crippen molar-refractivity contribution in [1.29, 1.82) is 0 Å². The Morgan fingerprint density at radius 3 is 2.88 bits per heavy atom. The lowest BCUT2D eigenvalue weighted by atomic mass is 10.1. The van der Waals surface area contributed by atoms with Crippen LogP contribution in [-0.4, -0.2) is 35.7 Å². The maximum atomic E-state index is 5.86. The van der Waals surface area contributed by atoms with Crippen LogP contribution in [0.3, 0.4) is 0 Å². The van der Waals surface area contributed by atoms with E-state index in [1.807, 2.05) is 11.8 Å². The number of nitrogens with zero attached hydrogens (tertiary/aromatic N) is 1. The van der Waals surface area contributed by atoms with E-state index in [0.717, 1.165) is 12.4 Å². The van der Waals surface area contributed by atoms with Crippen LogP contribution < -0.4 is 0 Å². The van der Waals surface area contributed by atoms with Crippen molar-refractivity contribution in [3.8, 4) is 0 Å². The summed E-state index contributed by atoms with van der Waals surface area (Å²) in [5.41, 5.74) is 1.52. The summed E-state index contributed by atoms with van der Waals surface area (Å²) >= 11 is 7.89. The van der Waals surface area contributed by atoms with E-state index in [-0.39, 0.29) is 0 Å². The molecule has 1 aromatic carbocycles. The second-order valence-electron chi connectivity index (χ2n) is 4.54. The van der Waals surface area contributed by atoms with Gasteiger partial charge in [-0.15, -0.1) is 23.4 Å². The average molecular weight is 270 g/mol. The van der Waals surface area contributed by atoms with Crippen molar-refractivity contribution in [2.24, 2.45) is 0 Å². The minimum atomic E-state index is 0.710. The molecular weight excluding hydrogens is 250 g/mol. The summed E-state index contributed by atoms with van der Waals surface area (Å²) in [6, 6.07) is 8.78. The highest BCUT2D eigenvalue weighted by Gasteiger charge is 2.23. The van der Waals surface area contributed by atoms with Gasteiger partial charge in [-0.2, -0.15) is 0 Å². The normalized spacial score (nSPS) is 18.6. The molecule has 1 nitrogen and oxygen atoms in total. The van der Waals surface area contributed by atoms with Crippen LogP contribution >= 0.6 is 23.4 Å². The van der Waals surface area contributed by atoms with Gasteiger partial charge >= 0.3 is 0 Å². The zero-order valence-electron chi connectivity index (χ0n) is 10.4. The van der Waals surface area contributed by atoms with Crippen LogP contribution in [0.15, 0.2) is 29.2 Å². The number of fused-ring (bicyclic) bond motifs is 1. The molecule has 1 aromatic rings. The highest BCUT2D eigenvalue weighted by Crippen LogP contribution is 2.36. The molecule has 1 unspecified atom stereocenters. The molecule has 3 heteroatoms. The van der Waals surface area contributed by atoms with Crippen LogP contribution in [0.4, 0.5) is 0 Å². The number of halogens is 1. The van der Waals surface area contributed by atoms with Gasteiger partial charge in [0.05, 0.1) is 0 Å². The molecule has 1 atom stereocenters. The van der Waals surface area contributed by atoms with Gasteiger partial charge in [0.15, 0.2) is 0 Å². The molecule has 0 spiro atoms. The van der Waals surface area contributed by atoms with Crippen molar-refractivity contribution in [3.05, 3.63) is 29.8 Å². The Morgan fingerprint density at radius 2 is 2.18 bits per heavy atom. The number of thioether (sulfide) groups is 1. The Morgan fingerprint density at radius 1 is 1.35 bits per heavy atom. The largest absolute Gasteiger partial charge is 0.301 e. The van der Waals surface area contributed by atoms with Crippen LogP contribution in [-0.2, 0) is 6.42 Å².